The van der Waals surface area contributed by atoms with Crippen LogP contribution in [0.3, 0.4) is 0 Å². The van der Waals surface area contributed by atoms with Crippen molar-refractivity contribution in [2.75, 3.05) is 26.2 Å². The molecule has 0 saturated carbocycles. The summed E-state index contributed by atoms with van der Waals surface area (Å²) in [7, 11) is 0. The molecule has 3 nitrogen and oxygen atoms in total. The van der Waals surface area contributed by atoms with Crippen LogP contribution in [0.5, 0.6) is 0 Å². The second-order valence-corrected chi connectivity index (χ2v) is 4.97. The highest BCUT2D eigenvalue weighted by molar-refractivity contribution is 5.14. The number of hydrogen-bond donors (Lipinski definition) is 2. The standard InChI is InChI=1S/C14H22N2O/c1-12-7-15-8-14(11-17)10-16(12)9-13-5-3-2-4-6-13/h2-6,12,14-15,17H,7-11H2,1H3. The highest BCUT2D eigenvalue weighted by Gasteiger charge is 2.22. The van der Waals surface area contributed by atoms with Crippen LogP contribution in [0.2, 0.25) is 0 Å². The van der Waals surface area contributed by atoms with E-state index in [9.17, 15) is 5.11 Å². The van der Waals surface area contributed by atoms with Gasteiger partial charge in [-0.25, -0.2) is 0 Å². The van der Waals surface area contributed by atoms with E-state index in [4.69, 9.17) is 0 Å². The minimum atomic E-state index is 0.269. The Kier molecular flexibility index (Phi) is 4.54. The first-order chi connectivity index (χ1) is 8.29. The van der Waals surface area contributed by atoms with E-state index in [2.05, 4.69) is 41.4 Å². The molecule has 0 aromatic heterocycles. The molecule has 1 heterocycles. The Bertz CT molecular complexity index is 328. The zero-order valence-electron chi connectivity index (χ0n) is 10.5. The molecule has 2 N–H and O–H groups in total. The van der Waals surface area contributed by atoms with E-state index in [1.54, 1.807) is 0 Å². The second-order valence-electron chi connectivity index (χ2n) is 4.97. The first-order valence-electron chi connectivity index (χ1n) is 6.39. The number of nitrogens with zero attached hydrogens (tertiary/aromatic N) is 1. The molecule has 2 unspecified atom stereocenters. The molecule has 1 aromatic carbocycles. The van der Waals surface area contributed by atoms with Gasteiger partial charge in [0.05, 0.1) is 0 Å². The molecule has 0 aliphatic carbocycles. The number of aliphatic hydroxyl groups is 1. The van der Waals surface area contributed by atoms with Crippen LogP contribution < -0.4 is 5.32 Å². The maximum atomic E-state index is 9.32. The molecule has 2 rings (SSSR count). The molecule has 0 radical (unpaired) electrons. The van der Waals surface area contributed by atoms with Crippen LogP contribution in [0.4, 0.5) is 0 Å². The fourth-order valence-electron chi connectivity index (χ4n) is 2.36. The first-order valence-corrected chi connectivity index (χ1v) is 6.39. The van der Waals surface area contributed by atoms with Crippen LogP contribution >= 0.6 is 0 Å². The number of benzene rings is 1. The van der Waals surface area contributed by atoms with E-state index in [1.165, 1.54) is 5.56 Å². The molecule has 1 saturated heterocycles. The molecule has 1 aliphatic heterocycles. The Morgan fingerprint density at radius 2 is 2.06 bits per heavy atom. The van der Waals surface area contributed by atoms with Gasteiger partial charge in [0, 0.05) is 44.7 Å². The Balaban J connectivity index is 2.01. The third kappa shape index (κ3) is 3.53. The van der Waals surface area contributed by atoms with Crippen molar-refractivity contribution in [2.45, 2.75) is 19.5 Å². The van der Waals surface area contributed by atoms with Gasteiger partial charge in [0.1, 0.15) is 0 Å². The van der Waals surface area contributed by atoms with Crippen molar-refractivity contribution in [1.82, 2.24) is 10.2 Å². The third-order valence-corrected chi connectivity index (χ3v) is 3.48. The van der Waals surface area contributed by atoms with E-state index < -0.39 is 0 Å². The van der Waals surface area contributed by atoms with E-state index in [1.807, 2.05) is 6.07 Å². The van der Waals surface area contributed by atoms with Crippen LogP contribution in [0.15, 0.2) is 30.3 Å². The lowest BCUT2D eigenvalue weighted by molar-refractivity contribution is 0.151. The smallest absolute Gasteiger partial charge is 0.0483 e. The Labute approximate surface area is 103 Å². The predicted molar refractivity (Wildman–Crippen MR) is 69.8 cm³/mol. The van der Waals surface area contributed by atoms with Gasteiger partial charge in [-0.2, -0.15) is 0 Å². The van der Waals surface area contributed by atoms with E-state index in [0.29, 0.717) is 12.0 Å². The summed E-state index contributed by atoms with van der Waals surface area (Å²) >= 11 is 0. The van der Waals surface area contributed by atoms with E-state index in [0.717, 1.165) is 26.2 Å². The summed E-state index contributed by atoms with van der Waals surface area (Å²) in [5.74, 6) is 0.351. The minimum Gasteiger partial charge on any atom is -0.396 e. The number of rotatable bonds is 3. The molecule has 0 bridgehead atoms. The van der Waals surface area contributed by atoms with Crippen molar-refractivity contribution >= 4 is 0 Å². The summed E-state index contributed by atoms with van der Waals surface area (Å²) in [5, 5.41) is 12.7. The molecular weight excluding hydrogens is 212 g/mol. The SMILES string of the molecule is CC1CNCC(CO)CN1Cc1ccccc1. The van der Waals surface area contributed by atoms with Gasteiger partial charge in [0.25, 0.3) is 0 Å². The average Bonchev–Trinajstić information content (AvgIpc) is 2.53. The molecule has 3 heteroatoms. The molecule has 1 aliphatic rings. The highest BCUT2D eigenvalue weighted by atomic mass is 16.3. The lowest BCUT2D eigenvalue weighted by atomic mass is 10.1. The molecule has 2 atom stereocenters. The van der Waals surface area contributed by atoms with Gasteiger partial charge >= 0.3 is 0 Å². The first kappa shape index (κ1) is 12.6. The summed E-state index contributed by atoms with van der Waals surface area (Å²) in [4.78, 5) is 2.45. The van der Waals surface area contributed by atoms with Gasteiger partial charge in [-0.1, -0.05) is 30.3 Å². The molecule has 94 valence electrons. The molecule has 0 spiro atoms. The fraction of sp³-hybridized carbons (Fsp3) is 0.571. The number of hydrogen-bond acceptors (Lipinski definition) is 3. The van der Waals surface area contributed by atoms with Gasteiger partial charge in [-0.3, -0.25) is 4.90 Å². The quantitative estimate of drug-likeness (QED) is 0.822. The van der Waals surface area contributed by atoms with Gasteiger partial charge in [0.2, 0.25) is 0 Å². The molecule has 1 aromatic rings. The second kappa shape index (κ2) is 6.15. The average molecular weight is 234 g/mol. The van der Waals surface area contributed by atoms with Crippen LogP contribution in [0.1, 0.15) is 12.5 Å². The largest absolute Gasteiger partial charge is 0.396 e. The molecular formula is C14H22N2O. The normalized spacial score (nSPS) is 26.7. The summed E-state index contributed by atoms with van der Waals surface area (Å²) in [5.41, 5.74) is 1.35. The Morgan fingerprint density at radius 1 is 1.29 bits per heavy atom. The lowest BCUT2D eigenvalue weighted by Crippen LogP contribution is -2.37. The number of aliphatic hydroxyl groups excluding tert-OH is 1. The summed E-state index contributed by atoms with van der Waals surface area (Å²) in [6.07, 6.45) is 0. The van der Waals surface area contributed by atoms with Gasteiger partial charge in [-0.15, -0.1) is 0 Å². The molecule has 17 heavy (non-hydrogen) atoms. The summed E-state index contributed by atoms with van der Waals surface area (Å²) in [6, 6.07) is 11.1. The maximum Gasteiger partial charge on any atom is 0.0483 e. The van der Waals surface area contributed by atoms with Crippen molar-refractivity contribution < 1.29 is 5.11 Å². The van der Waals surface area contributed by atoms with Gasteiger partial charge < -0.3 is 10.4 Å². The zero-order chi connectivity index (χ0) is 12.1. The van der Waals surface area contributed by atoms with Crippen molar-refractivity contribution in [3.05, 3.63) is 35.9 Å². The van der Waals surface area contributed by atoms with Crippen LogP contribution in [0.25, 0.3) is 0 Å². The molecule has 1 fully saturated rings. The third-order valence-electron chi connectivity index (χ3n) is 3.48. The van der Waals surface area contributed by atoms with E-state index in [-0.39, 0.29) is 6.61 Å². The zero-order valence-corrected chi connectivity index (χ0v) is 10.5. The lowest BCUT2D eigenvalue weighted by Gasteiger charge is -2.28. The van der Waals surface area contributed by atoms with Crippen molar-refractivity contribution in [3.8, 4) is 0 Å². The Morgan fingerprint density at radius 3 is 2.76 bits per heavy atom. The van der Waals surface area contributed by atoms with Crippen molar-refractivity contribution in [3.63, 3.8) is 0 Å². The minimum absolute atomic E-state index is 0.269. The fourth-order valence-corrected chi connectivity index (χ4v) is 2.36. The van der Waals surface area contributed by atoms with Gasteiger partial charge in [-0.05, 0) is 12.5 Å². The maximum absolute atomic E-state index is 9.32. The van der Waals surface area contributed by atoms with Crippen LogP contribution in [-0.2, 0) is 6.54 Å². The summed E-state index contributed by atoms with van der Waals surface area (Å²) in [6.45, 7) is 6.38. The van der Waals surface area contributed by atoms with Crippen LogP contribution in [-0.4, -0.2) is 42.3 Å². The van der Waals surface area contributed by atoms with Crippen molar-refractivity contribution in [2.24, 2.45) is 5.92 Å². The van der Waals surface area contributed by atoms with E-state index >= 15 is 0 Å². The van der Waals surface area contributed by atoms with Crippen molar-refractivity contribution in [1.29, 1.82) is 0 Å². The monoisotopic (exact) mass is 234 g/mol. The predicted octanol–water partition coefficient (Wildman–Crippen LogP) is 1.09. The highest BCUT2D eigenvalue weighted by Crippen LogP contribution is 2.13. The van der Waals surface area contributed by atoms with Gasteiger partial charge in [0.15, 0.2) is 0 Å². The number of nitrogens with one attached hydrogen (secondary N) is 1. The van der Waals surface area contributed by atoms with Crippen LogP contribution in [0, 0.1) is 5.92 Å². The topological polar surface area (TPSA) is 35.5 Å². The summed E-state index contributed by atoms with van der Waals surface area (Å²) < 4.78 is 0. The Hall–Kier alpha value is -0.900. The molecule has 0 amide bonds.